The zero-order valence-corrected chi connectivity index (χ0v) is 17.3. The molecule has 1 aromatic heterocycles. The number of amides is 1. The standard InChI is InChI=1S/C23H28N4O3/c1-14-2-5-17(6-3-14)25-23-24-12-19(22(27-23)30-18-8-9-29-13-18)15-4-7-20-16(10-15)11-21(28)26-20/h4,7,10,12,14,17-18H,2-3,5-6,8-9,11,13H2,1H3,(H,26,28)(H,24,25,27)/t14-,17-,18-/m1/s1. The van der Waals surface area contributed by atoms with Gasteiger partial charge in [0.2, 0.25) is 17.7 Å². The Morgan fingerprint density at radius 2 is 2.07 bits per heavy atom. The van der Waals surface area contributed by atoms with Crippen LogP contribution in [0.2, 0.25) is 0 Å². The number of nitrogens with zero attached hydrogens (tertiary/aromatic N) is 2. The first-order chi connectivity index (χ1) is 14.6. The summed E-state index contributed by atoms with van der Waals surface area (Å²) in [5, 5.41) is 6.38. The molecule has 0 spiro atoms. The second-order valence-corrected chi connectivity index (χ2v) is 8.71. The van der Waals surface area contributed by atoms with E-state index in [1.165, 1.54) is 12.8 Å². The first-order valence-electron chi connectivity index (χ1n) is 10.9. The molecule has 1 aliphatic carbocycles. The Kier molecular flexibility index (Phi) is 5.29. The highest BCUT2D eigenvalue weighted by molar-refractivity contribution is 5.99. The molecule has 7 nitrogen and oxygen atoms in total. The molecule has 1 aromatic carbocycles. The van der Waals surface area contributed by atoms with E-state index in [0.29, 0.717) is 37.5 Å². The molecule has 2 N–H and O–H groups in total. The van der Waals surface area contributed by atoms with E-state index in [4.69, 9.17) is 14.5 Å². The Labute approximate surface area is 176 Å². The minimum Gasteiger partial charge on any atom is -0.471 e. The van der Waals surface area contributed by atoms with Crippen molar-refractivity contribution in [1.82, 2.24) is 9.97 Å². The summed E-state index contributed by atoms with van der Waals surface area (Å²) >= 11 is 0. The summed E-state index contributed by atoms with van der Waals surface area (Å²) in [6, 6.07) is 6.36. The van der Waals surface area contributed by atoms with Crippen molar-refractivity contribution in [2.45, 2.75) is 57.6 Å². The fourth-order valence-corrected chi connectivity index (χ4v) is 4.47. The SMILES string of the molecule is C[C@H]1CC[C@H](Nc2ncc(-c3ccc4c(c3)CC(=O)N4)c(O[C@@H]3CCOC3)n2)CC1. The number of benzene rings is 1. The molecule has 0 radical (unpaired) electrons. The minimum atomic E-state index is -0.000276. The summed E-state index contributed by atoms with van der Waals surface area (Å²) in [5.41, 5.74) is 3.66. The molecular weight excluding hydrogens is 380 g/mol. The van der Waals surface area contributed by atoms with E-state index in [9.17, 15) is 4.79 Å². The van der Waals surface area contributed by atoms with Crippen molar-refractivity contribution >= 4 is 17.5 Å². The van der Waals surface area contributed by atoms with Crippen molar-refractivity contribution < 1.29 is 14.3 Å². The second-order valence-electron chi connectivity index (χ2n) is 8.71. The van der Waals surface area contributed by atoms with E-state index < -0.39 is 0 Å². The molecule has 2 aliphatic heterocycles. The third-order valence-corrected chi connectivity index (χ3v) is 6.31. The summed E-state index contributed by atoms with van der Waals surface area (Å²) in [5.74, 6) is 2.02. The fraction of sp³-hybridized carbons (Fsp3) is 0.522. The van der Waals surface area contributed by atoms with E-state index >= 15 is 0 Å². The highest BCUT2D eigenvalue weighted by Gasteiger charge is 2.24. The van der Waals surface area contributed by atoms with Gasteiger partial charge in [-0.25, -0.2) is 4.98 Å². The number of hydrogen-bond acceptors (Lipinski definition) is 6. The lowest BCUT2D eigenvalue weighted by Gasteiger charge is -2.27. The van der Waals surface area contributed by atoms with E-state index in [2.05, 4.69) is 22.5 Å². The molecule has 158 valence electrons. The van der Waals surface area contributed by atoms with Crippen LogP contribution in [0, 0.1) is 5.92 Å². The lowest BCUT2D eigenvalue weighted by Crippen LogP contribution is -2.26. The van der Waals surface area contributed by atoms with E-state index in [-0.39, 0.29) is 12.0 Å². The molecule has 1 atom stereocenters. The van der Waals surface area contributed by atoms with E-state index in [0.717, 1.165) is 47.6 Å². The summed E-state index contributed by atoms with van der Waals surface area (Å²) < 4.78 is 11.7. The number of fused-ring (bicyclic) bond motifs is 1. The van der Waals surface area contributed by atoms with Crippen LogP contribution >= 0.6 is 0 Å². The lowest BCUT2D eigenvalue weighted by atomic mass is 9.87. The largest absolute Gasteiger partial charge is 0.471 e. The summed E-state index contributed by atoms with van der Waals surface area (Å²) in [6.45, 7) is 3.61. The summed E-state index contributed by atoms with van der Waals surface area (Å²) in [4.78, 5) is 21.1. The minimum absolute atomic E-state index is 0.000276. The third kappa shape index (κ3) is 4.12. The van der Waals surface area contributed by atoms with Gasteiger partial charge in [-0.3, -0.25) is 4.79 Å². The van der Waals surface area contributed by atoms with Crippen molar-refractivity contribution in [1.29, 1.82) is 0 Å². The molecule has 0 unspecified atom stereocenters. The van der Waals surface area contributed by atoms with Gasteiger partial charge in [0, 0.05) is 24.3 Å². The topological polar surface area (TPSA) is 85.4 Å². The molecule has 30 heavy (non-hydrogen) atoms. The first-order valence-corrected chi connectivity index (χ1v) is 10.9. The number of aromatic nitrogens is 2. The van der Waals surface area contributed by atoms with Crippen molar-refractivity contribution in [3.63, 3.8) is 0 Å². The molecular formula is C23H28N4O3. The molecule has 3 heterocycles. The van der Waals surface area contributed by atoms with Gasteiger partial charge in [-0.1, -0.05) is 13.0 Å². The van der Waals surface area contributed by atoms with Crippen LogP contribution in [0.1, 0.15) is 44.6 Å². The quantitative estimate of drug-likeness (QED) is 0.783. The van der Waals surface area contributed by atoms with Crippen molar-refractivity contribution in [3.05, 3.63) is 30.0 Å². The number of anilines is 2. The van der Waals surface area contributed by atoms with Crippen molar-refractivity contribution in [2.75, 3.05) is 23.8 Å². The van der Waals surface area contributed by atoms with Gasteiger partial charge in [-0.05, 0) is 54.9 Å². The smallest absolute Gasteiger partial charge is 0.228 e. The monoisotopic (exact) mass is 408 g/mol. The molecule has 7 heteroatoms. The number of nitrogens with one attached hydrogen (secondary N) is 2. The van der Waals surface area contributed by atoms with Gasteiger partial charge in [0.05, 0.1) is 25.2 Å². The van der Waals surface area contributed by atoms with Crippen LogP contribution in [0.25, 0.3) is 11.1 Å². The predicted molar refractivity (Wildman–Crippen MR) is 115 cm³/mol. The maximum absolute atomic E-state index is 11.7. The number of carbonyl (C=O) groups excluding carboxylic acids is 1. The Hall–Kier alpha value is -2.67. The highest BCUT2D eigenvalue weighted by atomic mass is 16.5. The maximum atomic E-state index is 11.7. The van der Waals surface area contributed by atoms with E-state index in [1.54, 1.807) is 0 Å². The molecule has 2 fully saturated rings. The Balaban J connectivity index is 1.42. The van der Waals surface area contributed by atoms with Crippen molar-refractivity contribution in [2.24, 2.45) is 5.92 Å². The van der Waals surface area contributed by atoms with Crippen LogP contribution in [-0.4, -0.2) is 41.2 Å². The molecule has 1 amide bonds. The fourth-order valence-electron chi connectivity index (χ4n) is 4.47. The number of carbonyl (C=O) groups is 1. The Bertz CT molecular complexity index is 934. The van der Waals surface area contributed by atoms with Gasteiger partial charge >= 0.3 is 0 Å². The Morgan fingerprint density at radius 1 is 1.20 bits per heavy atom. The summed E-state index contributed by atoms with van der Waals surface area (Å²) in [6.07, 6.45) is 7.85. The molecule has 2 aromatic rings. The third-order valence-electron chi connectivity index (χ3n) is 6.31. The summed E-state index contributed by atoms with van der Waals surface area (Å²) in [7, 11) is 0. The molecule has 0 bridgehead atoms. The zero-order valence-electron chi connectivity index (χ0n) is 17.3. The van der Waals surface area contributed by atoms with Gasteiger partial charge in [-0.2, -0.15) is 4.98 Å². The van der Waals surface area contributed by atoms with Gasteiger partial charge in [0.1, 0.15) is 6.10 Å². The van der Waals surface area contributed by atoms with Gasteiger partial charge in [0.15, 0.2) is 0 Å². The number of rotatable bonds is 5. The van der Waals surface area contributed by atoms with Crippen LogP contribution in [-0.2, 0) is 16.0 Å². The molecule has 1 saturated carbocycles. The van der Waals surface area contributed by atoms with Crippen LogP contribution in [0.5, 0.6) is 5.88 Å². The van der Waals surface area contributed by atoms with Crippen LogP contribution < -0.4 is 15.4 Å². The average molecular weight is 409 g/mol. The molecule has 1 saturated heterocycles. The first kappa shape index (κ1) is 19.3. The van der Waals surface area contributed by atoms with Crippen LogP contribution in [0.3, 0.4) is 0 Å². The van der Waals surface area contributed by atoms with Gasteiger partial charge in [-0.15, -0.1) is 0 Å². The zero-order chi connectivity index (χ0) is 20.5. The normalized spacial score (nSPS) is 25.6. The van der Waals surface area contributed by atoms with Crippen LogP contribution in [0.15, 0.2) is 24.4 Å². The second kappa shape index (κ2) is 8.22. The Morgan fingerprint density at radius 3 is 2.87 bits per heavy atom. The van der Waals surface area contributed by atoms with Crippen molar-refractivity contribution in [3.8, 4) is 17.0 Å². The van der Waals surface area contributed by atoms with Crippen LogP contribution in [0.4, 0.5) is 11.6 Å². The highest BCUT2D eigenvalue weighted by Crippen LogP contribution is 2.35. The number of ether oxygens (including phenoxy) is 2. The lowest BCUT2D eigenvalue weighted by molar-refractivity contribution is -0.115. The number of hydrogen-bond donors (Lipinski definition) is 2. The maximum Gasteiger partial charge on any atom is 0.228 e. The van der Waals surface area contributed by atoms with Gasteiger partial charge in [0.25, 0.3) is 0 Å². The van der Waals surface area contributed by atoms with E-state index in [1.807, 2.05) is 24.4 Å². The van der Waals surface area contributed by atoms with Gasteiger partial charge < -0.3 is 20.1 Å². The average Bonchev–Trinajstić information content (AvgIpc) is 3.38. The molecule has 3 aliphatic rings. The molecule has 5 rings (SSSR count). The predicted octanol–water partition coefficient (Wildman–Crippen LogP) is 3.80.